The fourth-order valence-electron chi connectivity index (χ4n) is 2.21. The highest BCUT2D eigenvalue weighted by Gasteiger charge is 2.23. The Labute approximate surface area is 124 Å². The molecule has 0 spiro atoms. The molecule has 4 nitrogen and oxygen atoms in total. The minimum absolute atomic E-state index is 0.338. The molecule has 2 aromatic rings. The van der Waals surface area contributed by atoms with Crippen molar-refractivity contribution in [2.45, 2.75) is 13.0 Å². The number of benzene rings is 2. The Bertz CT molecular complexity index is 625. The van der Waals surface area contributed by atoms with Crippen LogP contribution >= 0.6 is 0 Å². The van der Waals surface area contributed by atoms with Crippen LogP contribution in [0.5, 0.6) is 5.75 Å². The summed E-state index contributed by atoms with van der Waals surface area (Å²) in [5.41, 5.74) is 2.66. The number of ether oxygens (including phenoxy) is 2. The molecule has 0 heterocycles. The van der Waals surface area contributed by atoms with Gasteiger partial charge >= 0.3 is 5.97 Å². The Morgan fingerprint density at radius 2 is 1.71 bits per heavy atom. The highest BCUT2D eigenvalue weighted by atomic mass is 16.5. The van der Waals surface area contributed by atoms with Gasteiger partial charge in [0.2, 0.25) is 0 Å². The summed E-state index contributed by atoms with van der Waals surface area (Å²) < 4.78 is 10.2. The van der Waals surface area contributed by atoms with Crippen LogP contribution in [0, 0.1) is 6.92 Å². The Morgan fingerprint density at radius 1 is 1.05 bits per heavy atom. The van der Waals surface area contributed by atoms with E-state index in [0.717, 1.165) is 16.8 Å². The molecule has 4 heteroatoms. The number of carbonyl (C=O) groups excluding carboxylic acids is 1. The SMILES string of the molecule is COC(=O)C(Nc1ccccc1OC)c1ccccc1C. The summed E-state index contributed by atoms with van der Waals surface area (Å²) in [7, 11) is 2.99. The van der Waals surface area contributed by atoms with Crippen molar-refractivity contribution in [3.05, 3.63) is 59.7 Å². The molecule has 1 N–H and O–H groups in total. The molecule has 0 saturated heterocycles. The summed E-state index contributed by atoms with van der Waals surface area (Å²) in [6.07, 6.45) is 0. The smallest absolute Gasteiger partial charge is 0.333 e. The lowest BCUT2D eigenvalue weighted by Gasteiger charge is -2.21. The fourth-order valence-corrected chi connectivity index (χ4v) is 2.21. The second-order valence-corrected chi connectivity index (χ2v) is 4.66. The van der Waals surface area contributed by atoms with E-state index >= 15 is 0 Å². The fraction of sp³-hybridized carbons (Fsp3) is 0.235. The number of aryl methyl sites for hydroxylation is 1. The molecule has 21 heavy (non-hydrogen) atoms. The van der Waals surface area contributed by atoms with Gasteiger partial charge in [-0.15, -0.1) is 0 Å². The van der Waals surface area contributed by atoms with Crippen LogP contribution in [-0.2, 0) is 9.53 Å². The number of rotatable bonds is 5. The largest absolute Gasteiger partial charge is 0.495 e. The zero-order valence-corrected chi connectivity index (χ0v) is 12.4. The molecule has 0 aromatic heterocycles. The highest BCUT2D eigenvalue weighted by molar-refractivity contribution is 5.82. The summed E-state index contributed by atoms with van der Waals surface area (Å²) in [5, 5.41) is 3.21. The standard InChI is InChI=1S/C17H19NO3/c1-12-8-4-5-9-13(12)16(17(19)21-3)18-14-10-6-7-11-15(14)20-2/h4-11,16,18H,1-3H3. The van der Waals surface area contributed by atoms with E-state index in [0.29, 0.717) is 5.75 Å². The van der Waals surface area contributed by atoms with Gasteiger partial charge in [0.15, 0.2) is 6.04 Å². The molecule has 2 aromatic carbocycles. The van der Waals surface area contributed by atoms with Crippen LogP contribution < -0.4 is 10.1 Å². The molecule has 2 rings (SSSR count). The van der Waals surface area contributed by atoms with Crippen LogP contribution in [0.2, 0.25) is 0 Å². The molecule has 1 unspecified atom stereocenters. The molecule has 0 aliphatic rings. The van der Waals surface area contributed by atoms with E-state index in [9.17, 15) is 4.79 Å². The van der Waals surface area contributed by atoms with Crippen molar-refractivity contribution < 1.29 is 14.3 Å². The molecule has 110 valence electrons. The topological polar surface area (TPSA) is 47.6 Å². The monoisotopic (exact) mass is 285 g/mol. The maximum Gasteiger partial charge on any atom is 0.333 e. The lowest BCUT2D eigenvalue weighted by molar-refractivity contribution is -0.141. The van der Waals surface area contributed by atoms with E-state index in [-0.39, 0.29) is 5.97 Å². The van der Waals surface area contributed by atoms with E-state index in [4.69, 9.17) is 9.47 Å². The van der Waals surface area contributed by atoms with Crippen LogP contribution in [0.25, 0.3) is 0 Å². The first-order valence-electron chi connectivity index (χ1n) is 6.70. The van der Waals surface area contributed by atoms with Gasteiger partial charge in [0.05, 0.1) is 19.9 Å². The molecular formula is C17H19NO3. The number of para-hydroxylation sites is 2. The first-order valence-corrected chi connectivity index (χ1v) is 6.70. The van der Waals surface area contributed by atoms with Gasteiger partial charge in [0.25, 0.3) is 0 Å². The third-order valence-corrected chi connectivity index (χ3v) is 3.34. The second-order valence-electron chi connectivity index (χ2n) is 4.66. The Kier molecular flexibility index (Phi) is 4.82. The summed E-state index contributed by atoms with van der Waals surface area (Å²) in [5.74, 6) is 0.343. The molecule has 1 atom stereocenters. The zero-order chi connectivity index (χ0) is 15.2. The van der Waals surface area contributed by atoms with E-state index < -0.39 is 6.04 Å². The molecule has 0 fully saturated rings. The average Bonchev–Trinajstić information content (AvgIpc) is 2.53. The molecule has 0 radical (unpaired) electrons. The first kappa shape index (κ1) is 14.9. The minimum Gasteiger partial charge on any atom is -0.495 e. The summed E-state index contributed by atoms with van der Waals surface area (Å²) in [4.78, 5) is 12.1. The molecule has 0 aliphatic heterocycles. The number of esters is 1. The quantitative estimate of drug-likeness (QED) is 0.856. The van der Waals surface area contributed by atoms with Crippen molar-refractivity contribution in [3.63, 3.8) is 0 Å². The van der Waals surface area contributed by atoms with Crippen LogP contribution in [0.1, 0.15) is 17.2 Å². The van der Waals surface area contributed by atoms with Gasteiger partial charge in [-0.1, -0.05) is 36.4 Å². The minimum atomic E-state index is -0.576. The number of methoxy groups -OCH3 is 2. The second kappa shape index (κ2) is 6.79. The van der Waals surface area contributed by atoms with E-state index in [1.54, 1.807) is 7.11 Å². The van der Waals surface area contributed by atoms with Gasteiger partial charge in [-0.2, -0.15) is 0 Å². The van der Waals surface area contributed by atoms with E-state index in [2.05, 4.69) is 5.32 Å². The maximum atomic E-state index is 12.1. The Hall–Kier alpha value is -2.49. The highest BCUT2D eigenvalue weighted by Crippen LogP contribution is 2.29. The van der Waals surface area contributed by atoms with Crippen molar-refractivity contribution in [1.29, 1.82) is 0 Å². The van der Waals surface area contributed by atoms with E-state index in [1.807, 2.05) is 55.5 Å². The molecule has 0 bridgehead atoms. The number of anilines is 1. The first-order chi connectivity index (χ1) is 10.2. The Morgan fingerprint density at radius 3 is 2.38 bits per heavy atom. The van der Waals surface area contributed by atoms with E-state index in [1.165, 1.54) is 7.11 Å². The number of carbonyl (C=O) groups is 1. The predicted octanol–water partition coefficient (Wildman–Crippen LogP) is 3.33. The molecule has 0 amide bonds. The van der Waals surface area contributed by atoms with Gasteiger partial charge in [-0.25, -0.2) is 4.79 Å². The van der Waals surface area contributed by atoms with Gasteiger partial charge in [0.1, 0.15) is 5.75 Å². The Balaban J connectivity index is 2.38. The van der Waals surface area contributed by atoms with Gasteiger partial charge < -0.3 is 14.8 Å². The molecule has 0 aliphatic carbocycles. The van der Waals surface area contributed by atoms with Crippen molar-refractivity contribution in [2.75, 3.05) is 19.5 Å². The van der Waals surface area contributed by atoms with Crippen molar-refractivity contribution in [3.8, 4) is 5.75 Å². The molecular weight excluding hydrogens is 266 g/mol. The summed E-state index contributed by atoms with van der Waals surface area (Å²) in [6.45, 7) is 1.97. The van der Waals surface area contributed by atoms with Gasteiger partial charge in [0, 0.05) is 0 Å². The predicted molar refractivity (Wildman–Crippen MR) is 82.6 cm³/mol. The summed E-state index contributed by atoms with van der Waals surface area (Å²) >= 11 is 0. The third kappa shape index (κ3) is 3.34. The number of nitrogens with one attached hydrogen (secondary N) is 1. The van der Waals surface area contributed by atoms with Gasteiger partial charge in [-0.3, -0.25) is 0 Å². The lowest BCUT2D eigenvalue weighted by Crippen LogP contribution is -2.23. The molecule has 0 saturated carbocycles. The van der Waals surface area contributed by atoms with Crippen LogP contribution in [0.4, 0.5) is 5.69 Å². The van der Waals surface area contributed by atoms with Crippen LogP contribution in [0.3, 0.4) is 0 Å². The van der Waals surface area contributed by atoms with Crippen LogP contribution in [-0.4, -0.2) is 20.2 Å². The third-order valence-electron chi connectivity index (χ3n) is 3.34. The normalized spacial score (nSPS) is 11.6. The van der Waals surface area contributed by atoms with Crippen molar-refractivity contribution in [1.82, 2.24) is 0 Å². The zero-order valence-electron chi connectivity index (χ0n) is 12.4. The average molecular weight is 285 g/mol. The lowest BCUT2D eigenvalue weighted by atomic mass is 10.0. The van der Waals surface area contributed by atoms with Crippen molar-refractivity contribution in [2.24, 2.45) is 0 Å². The van der Waals surface area contributed by atoms with Gasteiger partial charge in [-0.05, 0) is 30.2 Å². The van der Waals surface area contributed by atoms with Crippen LogP contribution in [0.15, 0.2) is 48.5 Å². The summed E-state index contributed by atoms with van der Waals surface area (Å²) in [6, 6.07) is 14.6. The number of hydrogen-bond donors (Lipinski definition) is 1. The van der Waals surface area contributed by atoms with Crippen molar-refractivity contribution >= 4 is 11.7 Å². The maximum absolute atomic E-state index is 12.1. The number of hydrogen-bond acceptors (Lipinski definition) is 4.